The number of hydrogen-bond acceptors (Lipinski definition) is 3. The van der Waals surface area contributed by atoms with Gasteiger partial charge in [-0.25, -0.2) is 0 Å². The van der Waals surface area contributed by atoms with Gasteiger partial charge in [-0.05, 0) is 12.8 Å². The second kappa shape index (κ2) is 7.32. The number of carbonyl (C=O) groups is 2. The van der Waals surface area contributed by atoms with Crippen molar-refractivity contribution >= 4 is 11.9 Å². The first-order valence-corrected chi connectivity index (χ1v) is 4.52. The molecule has 0 bridgehead atoms. The van der Waals surface area contributed by atoms with Gasteiger partial charge in [0.05, 0.1) is 0 Å². The topological polar surface area (TPSA) is 66.8 Å². The fourth-order valence-corrected chi connectivity index (χ4v) is 1.00. The van der Waals surface area contributed by atoms with Gasteiger partial charge in [-0.2, -0.15) is 0 Å². The third kappa shape index (κ3) is 6.42. The van der Waals surface area contributed by atoms with Gasteiger partial charge in [-0.15, -0.1) is 0 Å². The summed E-state index contributed by atoms with van der Waals surface area (Å²) >= 11 is 0. The minimum Gasteiger partial charge on any atom is -0.480 e. The largest absolute Gasteiger partial charge is 0.480 e. The Kier molecular flexibility index (Phi) is 6.74. The van der Waals surface area contributed by atoms with E-state index in [-0.39, 0.29) is 12.5 Å². The first-order chi connectivity index (χ1) is 6.57. The van der Waals surface area contributed by atoms with Crippen molar-refractivity contribution in [3.8, 4) is 0 Å². The van der Waals surface area contributed by atoms with Crippen molar-refractivity contribution in [3.05, 3.63) is 0 Å². The zero-order valence-electron chi connectivity index (χ0n) is 8.65. The smallest absolute Gasteiger partial charge is 0.323 e. The number of carboxylic acids is 1. The molecule has 0 unspecified atom stereocenters. The Morgan fingerprint density at radius 1 is 1.36 bits per heavy atom. The van der Waals surface area contributed by atoms with E-state index in [9.17, 15) is 9.59 Å². The highest BCUT2D eigenvalue weighted by Crippen LogP contribution is 1.99. The molecular weight excluding hydrogens is 186 g/mol. The molecule has 14 heavy (non-hydrogen) atoms. The first-order valence-electron chi connectivity index (χ1n) is 4.52. The van der Waals surface area contributed by atoms with Crippen LogP contribution in [0.4, 0.5) is 0 Å². The Labute approximate surface area is 83.6 Å². The first kappa shape index (κ1) is 12.9. The second-order valence-corrected chi connectivity index (χ2v) is 3.09. The van der Waals surface area contributed by atoms with Crippen molar-refractivity contribution in [1.82, 2.24) is 4.90 Å². The van der Waals surface area contributed by atoms with Crippen molar-refractivity contribution in [2.24, 2.45) is 0 Å². The van der Waals surface area contributed by atoms with E-state index in [1.807, 2.05) is 0 Å². The molecule has 1 N–H and O–H groups in total. The van der Waals surface area contributed by atoms with Crippen LogP contribution in [0.1, 0.15) is 19.3 Å². The number of unbranched alkanes of at least 4 members (excludes halogenated alkanes) is 1. The number of rotatable bonds is 7. The molecule has 0 aromatic rings. The molecule has 0 aromatic carbocycles. The maximum Gasteiger partial charge on any atom is 0.323 e. The van der Waals surface area contributed by atoms with Crippen molar-refractivity contribution in [2.75, 3.05) is 27.3 Å². The Morgan fingerprint density at radius 2 is 2.00 bits per heavy atom. The Balaban J connectivity index is 3.57. The fraction of sp³-hybridized carbons (Fsp3) is 0.778. The van der Waals surface area contributed by atoms with E-state index >= 15 is 0 Å². The third-order valence-electron chi connectivity index (χ3n) is 1.79. The number of methoxy groups -OCH3 is 1. The summed E-state index contributed by atoms with van der Waals surface area (Å²) in [5.41, 5.74) is 0. The minimum absolute atomic E-state index is 0.136. The van der Waals surface area contributed by atoms with Crippen molar-refractivity contribution in [2.45, 2.75) is 19.3 Å². The van der Waals surface area contributed by atoms with Gasteiger partial charge < -0.3 is 14.7 Å². The molecule has 0 radical (unpaired) electrons. The van der Waals surface area contributed by atoms with E-state index in [1.54, 1.807) is 7.11 Å². The number of likely N-dealkylation sites (N-methyl/N-ethyl adjacent to an activating group) is 1. The van der Waals surface area contributed by atoms with Crippen LogP contribution < -0.4 is 0 Å². The predicted octanol–water partition coefficient (Wildman–Crippen LogP) is 0.346. The lowest BCUT2D eigenvalue weighted by Crippen LogP contribution is -2.31. The van der Waals surface area contributed by atoms with Crippen LogP contribution in [0.25, 0.3) is 0 Å². The van der Waals surface area contributed by atoms with Crippen LogP contribution in [-0.4, -0.2) is 49.2 Å². The van der Waals surface area contributed by atoms with Gasteiger partial charge in [0.25, 0.3) is 0 Å². The Hall–Kier alpha value is -1.10. The third-order valence-corrected chi connectivity index (χ3v) is 1.79. The molecular formula is C9H17NO4. The van der Waals surface area contributed by atoms with Gasteiger partial charge in [0.2, 0.25) is 5.91 Å². The highest BCUT2D eigenvalue weighted by Gasteiger charge is 2.10. The molecule has 1 amide bonds. The van der Waals surface area contributed by atoms with E-state index in [1.165, 1.54) is 11.9 Å². The Morgan fingerprint density at radius 3 is 2.50 bits per heavy atom. The van der Waals surface area contributed by atoms with Crippen LogP contribution in [0.3, 0.4) is 0 Å². The molecule has 0 saturated carbocycles. The second-order valence-electron chi connectivity index (χ2n) is 3.09. The highest BCUT2D eigenvalue weighted by atomic mass is 16.5. The van der Waals surface area contributed by atoms with Gasteiger partial charge in [-0.3, -0.25) is 9.59 Å². The van der Waals surface area contributed by atoms with Crippen LogP contribution in [-0.2, 0) is 14.3 Å². The zero-order chi connectivity index (χ0) is 11.0. The molecule has 0 aromatic heterocycles. The number of ether oxygens (including phenoxy) is 1. The lowest BCUT2D eigenvalue weighted by atomic mass is 10.2. The molecule has 0 spiro atoms. The van der Waals surface area contributed by atoms with Crippen LogP contribution in [0.15, 0.2) is 0 Å². The van der Waals surface area contributed by atoms with Crippen LogP contribution in [0, 0.1) is 0 Å². The molecule has 82 valence electrons. The zero-order valence-corrected chi connectivity index (χ0v) is 8.65. The van der Waals surface area contributed by atoms with E-state index in [0.717, 1.165) is 12.8 Å². The number of carboxylic acid groups (broad SMARTS) is 1. The summed E-state index contributed by atoms with van der Waals surface area (Å²) < 4.78 is 4.83. The van der Waals surface area contributed by atoms with E-state index in [0.29, 0.717) is 13.0 Å². The number of amides is 1. The summed E-state index contributed by atoms with van der Waals surface area (Å²) in [7, 11) is 3.10. The minimum atomic E-state index is -0.988. The van der Waals surface area contributed by atoms with E-state index < -0.39 is 5.97 Å². The van der Waals surface area contributed by atoms with Crippen molar-refractivity contribution in [3.63, 3.8) is 0 Å². The standard InChI is InChI=1S/C9H17NO4/c1-10(7-9(12)13)8(11)5-3-4-6-14-2/h3-7H2,1-2H3,(H,12,13). The van der Waals surface area contributed by atoms with Crippen molar-refractivity contribution < 1.29 is 19.4 Å². The summed E-state index contributed by atoms with van der Waals surface area (Å²) in [6.45, 7) is 0.402. The predicted molar refractivity (Wildman–Crippen MR) is 51.0 cm³/mol. The summed E-state index contributed by atoms with van der Waals surface area (Å²) in [5.74, 6) is -1.12. The van der Waals surface area contributed by atoms with Gasteiger partial charge in [0.15, 0.2) is 0 Å². The highest BCUT2D eigenvalue weighted by molar-refractivity contribution is 5.80. The molecule has 0 aliphatic heterocycles. The van der Waals surface area contributed by atoms with Crippen LogP contribution in [0.2, 0.25) is 0 Å². The van der Waals surface area contributed by atoms with Gasteiger partial charge >= 0.3 is 5.97 Å². The Bertz CT molecular complexity index is 193. The number of carbonyl (C=O) groups excluding carboxylic acids is 1. The SMILES string of the molecule is COCCCCC(=O)N(C)CC(=O)O. The number of hydrogen-bond donors (Lipinski definition) is 1. The summed E-state index contributed by atoms with van der Waals surface area (Å²) in [6.07, 6.45) is 1.94. The van der Waals surface area contributed by atoms with Crippen molar-refractivity contribution in [1.29, 1.82) is 0 Å². The average Bonchev–Trinajstić information content (AvgIpc) is 2.11. The quantitative estimate of drug-likeness (QED) is 0.606. The number of aliphatic carboxylic acids is 1. The lowest BCUT2D eigenvalue weighted by molar-refractivity contribution is -0.143. The van der Waals surface area contributed by atoms with E-state index in [2.05, 4.69) is 0 Å². The van der Waals surface area contributed by atoms with Gasteiger partial charge in [0.1, 0.15) is 6.54 Å². The normalized spacial score (nSPS) is 9.86. The number of nitrogens with zero attached hydrogens (tertiary/aromatic N) is 1. The molecule has 0 fully saturated rings. The van der Waals surface area contributed by atoms with Crippen LogP contribution >= 0.6 is 0 Å². The fourth-order valence-electron chi connectivity index (χ4n) is 1.00. The molecule has 0 saturated heterocycles. The van der Waals surface area contributed by atoms with Crippen LogP contribution in [0.5, 0.6) is 0 Å². The lowest BCUT2D eigenvalue weighted by Gasteiger charge is -2.13. The average molecular weight is 203 g/mol. The van der Waals surface area contributed by atoms with Gasteiger partial charge in [-0.1, -0.05) is 0 Å². The maximum absolute atomic E-state index is 11.3. The summed E-state index contributed by atoms with van der Waals surface area (Å²) in [5, 5.41) is 8.43. The van der Waals surface area contributed by atoms with E-state index in [4.69, 9.17) is 9.84 Å². The molecule has 0 heterocycles. The summed E-state index contributed by atoms with van der Waals surface area (Å²) in [6, 6.07) is 0. The molecule has 0 atom stereocenters. The molecule has 5 heteroatoms. The molecule has 0 rings (SSSR count). The van der Waals surface area contributed by atoms with Gasteiger partial charge in [0, 0.05) is 27.2 Å². The summed E-state index contributed by atoms with van der Waals surface area (Å²) in [4.78, 5) is 22.8. The molecule has 0 aliphatic carbocycles. The maximum atomic E-state index is 11.3. The molecule has 5 nitrogen and oxygen atoms in total. The molecule has 0 aliphatic rings. The monoisotopic (exact) mass is 203 g/mol.